The molecule has 0 amide bonds. The Balaban J connectivity index is 0.000000282. The number of para-hydroxylation sites is 2. The Morgan fingerprint density at radius 3 is 1.86 bits per heavy atom. The van der Waals surface area contributed by atoms with E-state index in [1.807, 2.05) is 6.07 Å². The van der Waals surface area contributed by atoms with Gasteiger partial charge in [-0.2, -0.15) is 4.57 Å². The van der Waals surface area contributed by atoms with E-state index in [1.54, 1.807) is 0 Å². The Morgan fingerprint density at radius 2 is 1.19 bits per heavy atom. The fraction of sp³-hybridized carbons (Fsp3) is 0. The van der Waals surface area contributed by atoms with Crippen molar-refractivity contribution in [2.24, 2.45) is 0 Å². The van der Waals surface area contributed by atoms with Gasteiger partial charge in [0.2, 0.25) is 11.2 Å². The fourth-order valence-electron chi connectivity index (χ4n) is 1.97. The van der Waals surface area contributed by atoms with Crippen LogP contribution >= 0.6 is 0 Å². The van der Waals surface area contributed by atoms with Crippen LogP contribution in [0, 0.1) is 0 Å². The molecule has 6 heteroatoms. The fourth-order valence-corrected chi connectivity index (χ4v) is 1.97. The number of hydrogen-bond acceptors (Lipinski definition) is 0. The van der Waals surface area contributed by atoms with Crippen LogP contribution in [0.4, 0.5) is 17.3 Å². The first-order valence-corrected chi connectivity index (χ1v) is 6.27. The molecule has 0 radical (unpaired) electrons. The second-order valence-electron chi connectivity index (χ2n) is 4.27. The van der Waals surface area contributed by atoms with Gasteiger partial charge in [0.15, 0.2) is 6.20 Å². The van der Waals surface area contributed by atoms with Crippen LogP contribution in [0.25, 0.3) is 16.6 Å². The van der Waals surface area contributed by atoms with Gasteiger partial charge in [-0.15, -0.1) is 0 Å². The molecule has 21 heavy (non-hydrogen) atoms. The van der Waals surface area contributed by atoms with Crippen molar-refractivity contribution in [3.63, 3.8) is 0 Å². The first-order valence-electron chi connectivity index (χ1n) is 6.27. The van der Waals surface area contributed by atoms with Gasteiger partial charge in [-0.05, 0) is 12.1 Å². The number of nitrogens with zero attached hydrogens (tertiary/aromatic N) is 1. The number of pyridine rings is 1. The van der Waals surface area contributed by atoms with E-state index >= 15 is 0 Å². The van der Waals surface area contributed by atoms with Crippen molar-refractivity contribution < 1.29 is 21.8 Å². The summed E-state index contributed by atoms with van der Waals surface area (Å²) in [6, 6.07) is 23.0. The molecular formula is C15H12BF4N. The van der Waals surface area contributed by atoms with E-state index in [0.717, 1.165) is 0 Å². The van der Waals surface area contributed by atoms with Crippen LogP contribution in [-0.4, -0.2) is 7.25 Å². The highest BCUT2D eigenvalue weighted by Gasteiger charge is 2.20. The molecule has 0 atom stereocenters. The maximum Gasteiger partial charge on any atom is 0.673 e. The van der Waals surface area contributed by atoms with E-state index in [4.69, 9.17) is 0 Å². The standard InChI is InChI=1S/C15H12N.BF4/c1-2-9-14(10-3-1)16-12-6-8-13-7-4-5-11-15(13)16;2-1(3,4)5/h1-12H;/q+1;-1. The predicted molar refractivity (Wildman–Crippen MR) is 75.7 cm³/mol. The topological polar surface area (TPSA) is 3.88 Å². The van der Waals surface area contributed by atoms with Gasteiger partial charge >= 0.3 is 7.25 Å². The summed E-state index contributed by atoms with van der Waals surface area (Å²) in [5.74, 6) is 0. The van der Waals surface area contributed by atoms with Gasteiger partial charge in [0, 0.05) is 29.7 Å². The lowest BCUT2D eigenvalue weighted by atomic mass is 10.2. The zero-order chi connectivity index (χ0) is 15.3. The molecular weight excluding hydrogens is 281 g/mol. The van der Waals surface area contributed by atoms with Crippen molar-refractivity contribution in [3.05, 3.63) is 72.9 Å². The minimum atomic E-state index is -6.00. The molecule has 0 aliphatic rings. The van der Waals surface area contributed by atoms with Gasteiger partial charge in [0.25, 0.3) is 0 Å². The largest absolute Gasteiger partial charge is 0.673 e. The lowest BCUT2D eigenvalue weighted by Gasteiger charge is -1.99. The van der Waals surface area contributed by atoms with Crippen molar-refractivity contribution in [1.82, 2.24) is 0 Å². The van der Waals surface area contributed by atoms with Gasteiger partial charge in [-0.1, -0.05) is 30.3 Å². The molecule has 0 fully saturated rings. The third-order valence-corrected chi connectivity index (χ3v) is 2.74. The van der Waals surface area contributed by atoms with Crippen molar-refractivity contribution in [1.29, 1.82) is 0 Å². The van der Waals surface area contributed by atoms with Crippen molar-refractivity contribution in [3.8, 4) is 5.69 Å². The minimum absolute atomic E-state index is 1.19. The average Bonchev–Trinajstić information content (AvgIpc) is 2.46. The summed E-state index contributed by atoms with van der Waals surface area (Å²) in [4.78, 5) is 0. The van der Waals surface area contributed by atoms with E-state index in [2.05, 4.69) is 71.4 Å². The molecule has 0 N–H and O–H groups in total. The molecule has 1 heterocycles. The number of rotatable bonds is 1. The van der Waals surface area contributed by atoms with E-state index in [1.165, 1.54) is 16.6 Å². The smallest absolute Gasteiger partial charge is 0.418 e. The monoisotopic (exact) mass is 293 g/mol. The number of benzene rings is 2. The third-order valence-electron chi connectivity index (χ3n) is 2.74. The van der Waals surface area contributed by atoms with Gasteiger partial charge in [0.1, 0.15) is 0 Å². The summed E-state index contributed by atoms with van der Waals surface area (Å²) in [6.45, 7) is 0. The summed E-state index contributed by atoms with van der Waals surface area (Å²) in [5.41, 5.74) is 2.43. The van der Waals surface area contributed by atoms with Crippen LogP contribution in [0.5, 0.6) is 0 Å². The van der Waals surface area contributed by atoms with Crippen LogP contribution in [0.15, 0.2) is 72.9 Å². The van der Waals surface area contributed by atoms with Gasteiger partial charge in [0.05, 0.1) is 0 Å². The molecule has 0 aliphatic heterocycles. The second-order valence-corrected chi connectivity index (χ2v) is 4.27. The first kappa shape index (κ1) is 15.0. The molecule has 0 aliphatic carbocycles. The van der Waals surface area contributed by atoms with Gasteiger partial charge in [-0.3, -0.25) is 0 Å². The van der Waals surface area contributed by atoms with Gasteiger partial charge in [-0.25, -0.2) is 0 Å². The summed E-state index contributed by atoms with van der Waals surface area (Å²) in [5, 5.41) is 1.26. The molecule has 0 bridgehead atoms. The van der Waals surface area contributed by atoms with Crippen LogP contribution in [0.1, 0.15) is 0 Å². The first-order chi connectivity index (χ1) is 9.95. The molecule has 1 aromatic heterocycles. The molecule has 2 aromatic carbocycles. The molecule has 0 saturated heterocycles. The van der Waals surface area contributed by atoms with E-state index in [9.17, 15) is 17.3 Å². The third kappa shape index (κ3) is 4.59. The summed E-state index contributed by atoms with van der Waals surface area (Å²) < 4.78 is 41.2. The molecule has 0 spiro atoms. The van der Waals surface area contributed by atoms with E-state index < -0.39 is 7.25 Å². The van der Waals surface area contributed by atoms with E-state index in [0.29, 0.717) is 0 Å². The Kier molecular flexibility index (Phi) is 4.57. The van der Waals surface area contributed by atoms with Crippen LogP contribution in [-0.2, 0) is 0 Å². The van der Waals surface area contributed by atoms with Crippen LogP contribution < -0.4 is 4.57 Å². The number of hydrogen-bond donors (Lipinski definition) is 0. The Labute approximate surface area is 119 Å². The van der Waals surface area contributed by atoms with Crippen molar-refractivity contribution in [2.75, 3.05) is 0 Å². The molecule has 3 rings (SSSR count). The lowest BCUT2D eigenvalue weighted by molar-refractivity contribution is -0.567. The highest BCUT2D eigenvalue weighted by atomic mass is 19.5. The van der Waals surface area contributed by atoms with Crippen LogP contribution in [0.3, 0.4) is 0 Å². The quantitative estimate of drug-likeness (QED) is 0.355. The summed E-state index contributed by atoms with van der Waals surface area (Å²) >= 11 is 0. The Bertz CT molecular complexity index is 702. The number of halogens is 4. The van der Waals surface area contributed by atoms with E-state index in [-0.39, 0.29) is 0 Å². The Morgan fingerprint density at radius 1 is 0.667 bits per heavy atom. The zero-order valence-electron chi connectivity index (χ0n) is 11.0. The maximum absolute atomic E-state index is 9.75. The molecule has 108 valence electrons. The highest BCUT2D eigenvalue weighted by molar-refractivity contribution is 6.50. The number of fused-ring (bicyclic) bond motifs is 1. The Hall–Kier alpha value is -2.37. The normalized spacial score (nSPS) is 10.9. The highest BCUT2D eigenvalue weighted by Crippen LogP contribution is 2.10. The summed E-state index contributed by atoms with van der Waals surface area (Å²) in [6.07, 6.45) is 2.09. The summed E-state index contributed by atoms with van der Waals surface area (Å²) in [7, 11) is -6.00. The predicted octanol–water partition coefficient (Wildman–Crippen LogP) is 4.42. The maximum atomic E-state index is 9.75. The number of aromatic nitrogens is 1. The SMILES string of the molecule is F[B-](F)(F)F.c1ccc(-[n+]2cccc3ccccc32)cc1. The van der Waals surface area contributed by atoms with Crippen molar-refractivity contribution in [2.45, 2.75) is 0 Å². The molecule has 3 aromatic rings. The second kappa shape index (κ2) is 6.39. The average molecular weight is 293 g/mol. The van der Waals surface area contributed by atoms with Crippen LogP contribution in [0.2, 0.25) is 0 Å². The minimum Gasteiger partial charge on any atom is -0.418 e. The molecule has 1 nitrogen and oxygen atoms in total. The zero-order valence-corrected chi connectivity index (χ0v) is 11.0. The molecule has 0 saturated carbocycles. The lowest BCUT2D eigenvalue weighted by Crippen LogP contribution is -2.30. The molecule has 0 unspecified atom stereocenters. The van der Waals surface area contributed by atoms with Crippen molar-refractivity contribution >= 4 is 18.2 Å². The van der Waals surface area contributed by atoms with Gasteiger partial charge < -0.3 is 17.3 Å².